The SMILES string of the molecule is O=C(/C=C/c1ccc(Cl)cc1)OCc1nc(Cl)ccc1Cl. The topological polar surface area (TPSA) is 39.2 Å². The maximum absolute atomic E-state index is 11.6. The molecular formula is C15H10Cl3NO2. The predicted octanol–water partition coefficient (Wildman–Crippen LogP) is 4.80. The summed E-state index contributed by atoms with van der Waals surface area (Å²) in [5, 5.41) is 1.33. The van der Waals surface area contributed by atoms with E-state index in [2.05, 4.69) is 4.98 Å². The molecule has 0 atom stereocenters. The summed E-state index contributed by atoms with van der Waals surface area (Å²) in [4.78, 5) is 15.6. The van der Waals surface area contributed by atoms with Crippen molar-refractivity contribution >= 4 is 46.8 Å². The van der Waals surface area contributed by atoms with Crippen molar-refractivity contribution in [2.45, 2.75) is 6.61 Å². The third-order valence-corrected chi connectivity index (χ3v) is 3.32. The summed E-state index contributed by atoms with van der Waals surface area (Å²) in [6.07, 6.45) is 2.95. The van der Waals surface area contributed by atoms with Crippen molar-refractivity contribution < 1.29 is 9.53 Å². The first-order valence-electron chi connectivity index (χ1n) is 5.96. The van der Waals surface area contributed by atoms with Crippen LogP contribution in [0.15, 0.2) is 42.5 Å². The Bertz CT molecular complexity index is 669. The fourth-order valence-electron chi connectivity index (χ4n) is 1.48. The van der Waals surface area contributed by atoms with Crippen LogP contribution in [0.25, 0.3) is 6.08 Å². The van der Waals surface area contributed by atoms with Gasteiger partial charge in [0.25, 0.3) is 0 Å². The van der Waals surface area contributed by atoms with E-state index in [4.69, 9.17) is 39.5 Å². The molecular weight excluding hydrogens is 333 g/mol. The summed E-state index contributed by atoms with van der Waals surface area (Å²) in [5.41, 5.74) is 1.26. The fraction of sp³-hybridized carbons (Fsp3) is 0.0667. The van der Waals surface area contributed by atoms with Gasteiger partial charge in [0.1, 0.15) is 11.8 Å². The number of nitrogens with zero attached hydrogens (tertiary/aromatic N) is 1. The fourth-order valence-corrected chi connectivity index (χ4v) is 1.94. The van der Waals surface area contributed by atoms with E-state index < -0.39 is 5.97 Å². The van der Waals surface area contributed by atoms with Crippen LogP contribution in [0.5, 0.6) is 0 Å². The molecule has 108 valence electrons. The van der Waals surface area contributed by atoms with Gasteiger partial charge in [-0.3, -0.25) is 0 Å². The highest BCUT2D eigenvalue weighted by Gasteiger charge is 2.06. The highest BCUT2D eigenvalue weighted by Crippen LogP contribution is 2.17. The Balaban J connectivity index is 1.93. The summed E-state index contributed by atoms with van der Waals surface area (Å²) in [7, 11) is 0. The molecule has 0 saturated heterocycles. The normalized spacial score (nSPS) is 10.8. The molecule has 0 spiro atoms. The number of carbonyl (C=O) groups is 1. The first-order chi connectivity index (χ1) is 10.0. The second-order valence-electron chi connectivity index (χ2n) is 4.06. The maximum atomic E-state index is 11.6. The van der Waals surface area contributed by atoms with E-state index in [9.17, 15) is 4.79 Å². The van der Waals surface area contributed by atoms with Crippen LogP contribution in [0.2, 0.25) is 15.2 Å². The molecule has 21 heavy (non-hydrogen) atoms. The Kier molecular flexibility index (Phi) is 5.62. The molecule has 0 radical (unpaired) electrons. The molecule has 0 amide bonds. The van der Waals surface area contributed by atoms with E-state index in [-0.39, 0.29) is 6.61 Å². The van der Waals surface area contributed by atoms with Gasteiger partial charge in [-0.2, -0.15) is 0 Å². The quantitative estimate of drug-likeness (QED) is 0.455. The molecule has 6 heteroatoms. The van der Waals surface area contributed by atoms with Gasteiger partial charge in [-0.15, -0.1) is 0 Å². The minimum Gasteiger partial charge on any atom is -0.456 e. The minimum absolute atomic E-state index is 0.0385. The Labute approximate surface area is 137 Å². The largest absolute Gasteiger partial charge is 0.456 e. The van der Waals surface area contributed by atoms with Crippen molar-refractivity contribution in [1.82, 2.24) is 4.98 Å². The van der Waals surface area contributed by atoms with Crippen molar-refractivity contribution in [3.63, 3.8) is 0 Å². The van der Waals surface area contributed by atoms with Crippen LogP contribution in [0.4, 0.5) is 0 Å². The van der Waals surface area contributed by atoms with Crippen LogP contribution in [0, 0.1) is 0 Å². The summed E-state index contributed by atoms with van der Waals surface area (Å²) in [6, 6.07) is 10.2. The Morgan fingerprint density at radius 3 is 2.52 bits per heavy atom. The lowest BCUT2D eigenvalue weighted by Gasteiger charge is -2.04. The molecule has 1 heterocycles. The molecule has 0 aliphatic rings. The highest BCUT2D eigenvalue weighted by molar-refractivity contribution is 6.32. The molecule has 3 nitrogen and oxygen atoms in total. The Hall–Kier alpha value is -1.55. The zero-order chi connectivity index (χ0) is 15.2. The van der Waals surface area contributed by atoms with Gasteiger partial charge in [0.2, 0.25) is 0 Å². The molecule has 0 N–H and O–H groups in total. The molecule has 1 aromatic heterocycles. The van der Waals surface area contributed by atoms with Crippen LogP contribution >= 0.6 is 34.8 Å². The van der Waals surface area contributed by atoms with Gasteiger partial charge in [-0.1, -0.05) is 46.9 Å². The minimum atomic E-state index is -0.497. The van der Waals surface area contributed by atoms with Gasteiger partial charge in [0, 0.05) is 11.1 Å². The zero-order valence-corrected chi connectivity index (χ0v) is 13.0. The first-order valence-corrected chi connectivity index (χ1v) is 7.09. The van der Waals surface area contributed by atoms with Crippen molar-refractivity contribution in [2.24, 2.45) is 0 Å². The van der Waals surface area contributed by atoms with Gasteiger partial charge in [0.05, 0.1) is 10.7 Å². The Morgan fingerprint density at radius 1 is 1.10 bits per heavy atom. The van der Waals surface area contributed by atoms with Crippen LogP contribution in [-0.2, 0) is 16.1 Å². The smallest absolute Gasteiger partial charge is 0.331 e. The van der Waals surface area contributed by atoms with E-state index in [1.807, 2.05) is 0 Å². The van der Waals surface area contributed by atoms with Crippen LogP contribution in [-0.4, -0.2) is 11.0 Å². The summed E-state index contributed by atoms with van der Waals surface area (Å²) in [6.45, 7) is -0.0385. The number of ether oxygens (including phenoxy) is 1. The number of hydrogen-bond acceptors (Lipinski definition) is 3. The van der Waals surface area contributed by atoms with Crippen molar-refractivity contribution in [3.8, 4) is 0 Å². The Morgan fingerprint density at radius 2 is 1.81 bits per heavy atom. The lowest BCUT2D eigenvalue weighted by Crippen LogP contribution is -2.03. The van der Waals surface area contributed by atoms with E-state index >= 15 is 0 Å². The number of aromatic nitrogens is 1. The predicted molar refractivity (Wildman–Crippen MR) is 84.5 cm³/mol. The molecule has 1 aromatic carbocycles. The molecule has 2 rings (SSSR count). The van der Waals surface area contributed by atoms with Gasteiger partial charge in [-0.05, 0) is 35.9 Å². The summed E-state index contributed by atoms with van der Waals surface area (Å²) < 4.78 is 5.05. The van der Waals surface area contributed by atoms with Gasteiger partial charge in [0.15, 0.2) is 0 Å². The van der Waals surface area contributed by atoms with E-state index in [0.29, 0.717) is 20.9 Å². The number of halogens is 3. The van der Waals surface area contributed by atoms with Crippen LogP contribution in [0.1, 0.15) is 11.3 Å². The summed E-state index contributed by atoms with van der Waals surface area (Å²) >= 11 is 17.4. The monoisotopic (exact) mass is 341 g/mol. The average molecular weight is 343 g/mol. The number of esters is 1. The van der Waals surface area contributed by atoms with E-state index in [0.717, 1.165) is 5.56 Å². The number of rotatable bonds is 4. The second kappa shape index (κ2) is 7.46. The van der Waals surface area contributed by atoms with Crippen molar-refractivity contribution in [3.05, 3.63) is 68.9 Å². The molecule has 0 saturated carbocycles. The number of pyridine rings is 1. The highest BCUT2D eigenvalue weighted by atomic mass is 35.5. The van der Waals surface area contributed by atoms with Crippen LogP contribution < -0.4 is 0 Å². The third-order valence-electron chi connectivity index (χ3n) is 2.52. The molecule has 0 unspecified atom stereocenters. The van der Waals surface area contributed by atoms with Crippen molar-refractivity contribution in [2.75, 3.05) is 0 Å². The molecule has 0 aliphatic heterocycles. The third kappa shape index (κ3) is 5.05. The lowest BCUT2D eigenvalue weighted by atomic mass is 10.2. The number of carbonyl (C=O) groups excluding carboxylic acids is 1. The standard InChI is InChI=1S/C15H10Cl3NO2/c16-11-4-1-10(2-5-11)3-8-15(20)21-9-13-12(17)6-7-14(18)19-13/h1-8H,9H2/b8-3+. The molecule has 2 aromatic rings. The number of hydrogen-bond donors (Lipinski definition) is 0. The van der Waals surface area contributed by atoms with Gasteiger partial charge in [-0.25, -0.2) is 9.78 Å². The lowest BCUT2D eigenvalue weighted by molar-refractivity contribution is -0.139. The molecule has 0 fully saturated rings. The maximum Gasteiger partial charge on any atom is 0.331 e. The average Bonchev–Trinajstić information content (AvgIpc) is 2.47. The molecule has 0 bridgehead atoms. The van der Waals surface area contributed by atoms with Gasteiger partial charge < -0.3 is 4.74 Å². The first kappa shape index (κ1) is 15.8. The summed E-state index contributed by atoms with van der Waals surface area (Å²) in [5.74, 6) is -0.497. The zero-order valence-electron chi connectivity index (χ0n) is 10.7. The number of benzene rings is 1. The van der Waals surface area contributed by atoms with Crippen molar-refractivity contribution in [1.29, 1.82) is 0 Å². The van der Waals surface area contributed by atoms with Gasteiger partial charge >= 0.3 is 5.97 Å². The molecule has 0 aliphatic carbocycles. The van der Waals surface area contributed by atoms with E-state index in [1.54, 1.807) is 42.5 Å². The van der Waals surface area contributed by atoms with Crippen LogP contribution in [0.3, 0.4) is 0 Å². The second-order valence-corrected chi connectivity index (χ2v) is 5.29. The van der Waals surface area contributed by atoms with E-state index in [1.165, 1.54) is 6.08 Å².